The quantitative estimate of drug-likeness (QED) is 0.718. The number of carbonyl (C=O) groups excluding carboxylic acids is 1. The van der Waals surface area contributed by atoms with Crippen LogP contribution >= 0.6 is 0 Å². The zero-order chi connectivity index (χ0) is 11.1. The maximum atomic E-state index is 11.3. The molecule has 0 spiro atoms. The molecule has 2 rings (SSSR count). The normalized spacial score (nSPS) is 40.6. The van der Waals surface area contributed by atoms with E-state index in [1.807, 2.05) is 0 Å². The van der Waals surface area contributed by atoms with Crippen LogP contribution in [0.4, 0.5) is 0 Å². The molecule has 2 heteroatoms. The van der Waals surface area contributed by atoms with Crippen LogP contribution in [0.15, 0.2) is 11.6 Å². The molecule has 0 aromatic rings. The van der Waals surface area contributed by atoms with Crippen LogP contribution in [0.25, 0.3) is 0 Å². The average Bonchev–Trinajstić information content (AvgIpc) is 2.17. The predicted octanol–water partition coefficient (Wildman–Crippen LogP) is 2.46. The Balaban J connectivity index is 2.28. The van der Waals surface area contributed by atoms with E-state index in [9.17, 15) is 9.90 Å². The summed E-state index contributed by atoms with van der Waals surface area (Å²) in [6.07, 6.45) is 6.97. The molecular formula is C13H20O2. The van der Waals surface area contributed by atoms with Gasteiger partial charge in [0, 0.05) is 5.92 Å². The molecule has 2 nitrogen and oxygen atoms in total. The summed E-state index contributed by atoms with van der Waals surface area (Å²) in [7, 11) is 0. The van der Waals surface area contributed by atoms with Gasteiger partial charge in [0.05, 0.1) is 6.10 Å². The second-order valence-corrected chi connectivity index (χ2v) is 5.39. The highest BCUT2D eigenvalue weighted by Crippen LogP contribution is 2.49. The van der Waals surface area contributed by atoms with Gasteiger partial charge in [-0.3, -0.25) is 4.79 Å². The number of carbonyl (C=O) groups is 1. The third kappa shape index (κ3) is 1.87. The monoisotopic (exact) mass is 208 g/mol. The van der Waals surface area contributed by atoms with Gasteiger partial charge in [0.2, 0.25) is 0 Å². The predicted molar refractivity (Wildman–Crippen MR) is 59.5 cm³/mol. The molecule has 0 aromatic carbocycles. The second kappa shape index (κ2) is 3.75. The third-order valence-corrected chi connectivity index (χ3v) is 4.27. The molecule has 0 radical (unpaired) electrons. The Labute approximate surface area is 91.4 Å². The summed E-state index contributed by atoms with van der Waals surface area (Å²) in [5.74, 6) is 0.383. The first-order valence-corrected chi connectivity index (χ1v) is 5.93. The first-order valence-electron chi connectivity index (χ1n) is 5.93. The summed E-state index contributed by atoms with van der Waals surface area (Å²) in [5, 5.41) is 10.0. The van der Waals surface area contributed by atoms with Crippen molar-refractivity contribution in [3.8, 4) is 0 Å². The molecule has 2 aliphatic carbocycles. The van der Waals surface area contributed by atoms with Gasteiger partial charge in [-0.05, 0) is 43.6 Å². The van der Waals surface area contributed by atoms with Crippen molar-refractivity contribution in [1.29, 1.82) is 0 Å². The summed E-state index contributed by atoms with van der Waals surface area (Å²) in [6.45, 7) is 3.89. The summed E-state index contributed by atoms with van der Waals surface area (Å²) < 4.78 is 0. The van der Waals surface area contributed by atoms with Crippen LogP contribution in [0.3, 0.4) is 0 Å². The zero-order valence-corrected chi connectivity index (χ0v) is 9.62. The highest BCUT2D eigenvalue weighted by atomic mass is 16.3. The Kier molecular flexibility index (Phi) is 2.72. The SMILES string of the molecule is CC(=O)C1=C[C@H]2[C@@H](O)CCC[C@]2(C)CC1. The van der Waals surface area contributed by atoms with Gasteiger partial charge in [0.15, 0.2) is 5.78 Å². The minimum Gasteiger partial charge on any atom is -0.392 e. The van der Waals surface area contributed by atoms with Crippen LogP contribution in [0.1, 0.15) is 46.0 Å². The van der Waals surface area contributed by atoms with Crippen LogP contribution in [-0.2, 0) is 4.79 Å². The fraction of sp³-hybridized carbons (Fsp3) is 0.769. The molecule has 1 N–H and O–H groups in total. The van der Waals surface area contributed by atoms with Gasteiger partial charge in [0.25, 0.3) is 0 Å². The number of rotatable bonds is 1. The van der Waals surface area contributed by atoms with Crippen molar-refractivity contribution in [3.05, 3.63) is 11.6 Å². The number of ketones is 1. The molecule has 0 aromatic heterocycles. The fourth-order valence-electron chi connectivity index (χ4n) is 3.14. The van der Waals surface area contributed by atoms with Crippen molar-refractivity contribution in [2.24, 2.45) is 11.3 Å². The molecule has 0 amide bonds. The van der Waals surface area contributed by atoms with Gasteiger partial charge in [-0.2, -0.15) is 0 Å². The van der Waals surface area contributed by atoms with E-state index in [0.29, 0.717) is 0 Å². The number of Topliss-reactive ketones (excluding diaryl/α,β-unsaturated/α-hetero) is 1. The van der Waals surface area contributed by atoms with E-state index in [1.165, 1.54) is 6.42 Å². The number of hydrogen-bond donors (Lipinski definition) is 1. The van der Waals surface area contributed by atoms with Crippen LogP contribution in [0.2, 0.25) is 0 Å². The summed E-state index contributed by atoms with van der Waals surface area (Å²) in [4.78, 5) is 11.3. The van der Waals surface area contributed by atoms with Crippen molar-refractivity contribution in [2.45, 2.75) is 52.1 Å². The number of allylic oxidation sites excluding steroid dienone is 1. The third-order valence-electron chi connectivity index (χ3n) is 4.27. The van der Waals surface area contributed by atoms with Gasteiger partial charge in [-0.1, -0.05) is 19.4 Å². The largest absolute Gasteiger partial charge is 0.392 e. The summed E-state index contributed by atoms with van der Waals surface area (Å²) in [5.41, 5.74) is 1.16. The number of aliphatic hydroxyl groups is 1. The molecule has 0 aliphatic heterocycles. The maximum Gasteiger partial charge on any atom is 0.155 e. The van der Waals surface area contributed by atoms with E-state index in [4.69, 9.17) is 0 Å². The van der Waals surface area contributed by atoms with Gasteiger partial charge in [0.1, 0.15) is 0 Å². The number of aliphatic hydroxyl groups excluding tert-OH is 1. The Morgan fingerprint density at radius 1 is 1.53 bits per heavy atom. The first-order chi connectivity index (χ1) is 7.03. The lowest BCUT2D eigenvalue weighted by Crippen LogP contribution is -2.41. The minimum absolute atomic E-state index is 0.176. The lowest BCUT2D eigenvalue weighted by Gasteiger charge is -2.46. The lowest BCUT2D eigenvalue weighted by molar-refractivity contribution is -0.114. The average molecular weight is 208 g/mol. The van der Waals surface area contributed by atoms with Crippen LogP contribution in [0.5, 0.6) is 0 Å². The van der Waals surface area contributed by atoms with Crippen LogP contribution < -0.4 is 0 Å². The van der Waals surface area contributed by atoms with Gasteiger partial charge in [-0.25, -0.2) is 0 Å². The molecule has 0 bridgehead atoms. The Morgan fingerprint density at radius 3 is 2.93 bits per heavy atom. The van der Waals surface area contributed by atoms with Crippen molar-refractivity contribution in [1.82, 2.24) is 0 Å². The Hall–Kier alpha value is -0.630. The second-order valence-electron chi connectivity index (χ2n) is 5.39. The highest BCUT2D eigenvalue weighted by molar-refractivity contribution is 5.93. The molecule has 2 aliphatic rings. The smallest absolute Gasteiger partial charge is 0.155 e. The molecule has 1 saturated carbocycles. The minimum atomic E-state index is -0.238. The molecule has 0 saturated heterocycles. The summed E-state index contributed by atoms with van der Waals surface area (Å²) >= 11 is 0. The standard InChI is InChI=1S/C13H20O2/c1-9(14)10-5-7-13(2)6-3-4-12(15)11(13)8-10/h8,11-12,15H,3-7H2,1-2H3/t11-,12-,13+/m0/s1. The van der Waals surface area contributed by atoms with E-state index in [2.05, 4.69) is 13.0 Å². The Bertz CT molecular complexity index is 306. The fourth-order valence-corrected chi connectivity index (χ4v) is 3.14. The molecule has 0 heterocycles. The molecule has 1 fully saturated rings. The van der Waals surface area contributed by atoms with Gasteiger partial charge < -0.3 is 5.11 Å². The van der Waals surface area contributed by atoms with E-state index in [1.54, 1.807) is 6.92 Å². The molecule has 0 unspecified atom stereocenters. The van der Waals surface area contributed by atoms with E-state index in [0.717, 1.165) is 31.3 Å². The maximum absolute atomic E-state index is 11.3. The van der Waals surface area contributed by atoms with Crippen LogP contribution in [0, 0.1) is 11.3 Å². The van der Waals surface area contributed by atoms with Crippen molar-refractivity contribution < 1.29 is 9.90 Å². The van der Waals surface area contributed by atoms with Crippen molar-refractivity contribution in [2.75, 3.05) is 0 Å². The van der Waals surface area contributed by atoms with E-state index in [-0.39, 0.29) is 23.2 Å². The van der Waals surface area contributed by atoms with Crippen molar-refractivity contribution in [3.63, 3.8) is 0 Å². The molecule has 84 valence electrons. The molecule has 3 atom stereocenters. The van der Waals surface area contributed by atoms with E-state index < -0.39 is 0 Å². The molecule has 15 heavy (non-hydrogen) atoms. The summed E-state index contributed by atoms with van der Waals surface area (Å²) in [6, 6.07) is 0. The zero-order valence-electron chi connectivity index (χ0n) is 9.62. The Morgan fingerprint density at radius 2 is 2.27 bits per heavy atom. The number of fused-ring (bicyclic) bond motifs is 1. The van der Waals surface area contributed by atoms with Crippen LogP contribution in [-0.4, -0.2) is 17.0 Å². The number of hydrogen-bond acceptors (Lipinski definition) is 2. The highest BCUT2D eigenvalue weighted by Gasteiger charge is 2.42. The topological polar surface area (TPSA) is 37.3 Å². The lowest BCUT2D eigenvalue weighted by atomic mass is 9.60. The first kappa shape index (κ1) is 10.9. The molecular weight excluding hydrogens is 188 g/mol. The van der Waals surface area contributed by atoms with E-state index >= 15 is 0 Å². The van der Waals surface area contributed by atoms with Gasteiger partial charge >= 0.3 is 0 Å². The van der Waals surface area contributed by atoms with Gasteiger partial charge in [-0.15, -0.1) is 0 Å². The van der Waals surface area contributed by atoms with Crippen molar-refractivity contribution >= 4 is 5.78 Å².